The summed E-state index contributed by atoms with van der Waals surface area (Å²) >= 11 is 6.48. The van der Waals surface area contributed by atoms with Gasteiger partial charge in [0.15, 0.2) is 0 Å². The van der Waals surface area contributed by atoms with Gasteiger partial charge < -0.3 is 29.0 Å². The molecule has 3 aromatic heterocycles. The average Bonchev–Trinajstić information content (AvgIpc) is 3.85. The maximum Gasteiger partial charge on any atom is 0.257 e. The lowest BCUT2D eigenvalue weighted by atomic mass is 9.89. The highest BCUT2D eigenvalue weighted by Gasteiger charge is 2.42. The molecule has 1 saturated carbocycles. The molecule has 5 heterocycles. The highest BCUT2D eigenvalue weighted by atomic mass is 35.5. The Morgan fingerprint density at radius 3 is 2.42 bits per heavy atom. The number of halogens is 1. The highest BCUT2D eigenvalue weighted by molar-refractivity contribution is 6.32. The molecule has 3 aliphatic rings. The second-order valence-electron chi connectivity index (χ2n) is 13.2. The molecule has 2 bridgehead atoms. The molecule has 1 N–H and O–H groups in total. The summed E-state index contributed by atoms with van der Waals surface area (Å²) in [7, 11) is 1.66. The number of nitrogens with zero attached hydrogens (tertiary/aromatic N) is 8. The molecule has 50 heavy (non-hydrogen) atoms. The van der Waals surface area contributed by atoms with Gasteiger partial charge in [-0.05, 0) is 63.1 Å². The Balaban J connectivity index is 1.01. The molecule has 3 fully saturated rings. The van der Waals surface area contributed by atoms with Crippen LogP contribution in [0.5, 0.6) is 11.6 Å². The maximum absolute atomic E-state index is 6.48. The predicted octanol–water partition coefficient (Wildman–Crippen LogP) is 5.18. The molecule has 0 radical (unpaired) electrons. The van der Waals surface area contributed by atoms with Crippen LogP contribution in [0, 0.1) is 0 Å². The van der Waals surface area contributed by atoms with Crippen LogP contribution in [0.4, 0.5) is 11.6 Å². The van der Waals surface area contributed by atoms with Crippen molar-refractivity contribution in [2.24, 2.45) is 0 Å². The molecule has 0 amide bonds. The number of nitrogens with one attached hydrogen (secondary N) is 1. The molecular formula is C35H46ClN9O5. The fourth-order valence-electron chi connectivity index (χ4n) is 7.35. The molecule has 4 aromatic rings. The van der Waals surface area contributed by atoms with Gasteiger partial charge in [-0.15, -0.1) is 5.10 Å². The van der Waals surface area contributed by atoms with Crippen LogP contribution in [0.2, 0.25) is 5.02 Å². The van der Waals surface area contributed by atoms with Gasteiger partial charge in [0.1, 0.15) is 36.8 Å². The summed E-state index contributed by atoms with van der Waals surface area (Å²) in [6, 6.07) is 7.73. The van der Waals surface area contributed by atoms with Crippen molar-refractivity contribution in [1.82, 2.24) is 39.4 Å². The fourth-order valence-corrected chi connectivity index (χ4v) is 7.52. The van der Waals surface area contributed by atoms with E-state index >= 15 is 0 Å². The topological polar surface area (TPSA) is 136 Å². The van der Waals surface area contributed by atoms with Crippen LogP contribution >= 0.6 is 11.6 Å². The highest BCUT2D eigenvalue weighted by Crippen LogP contribution is 2.39. The number of anilines is 2. The quantitative estimate of drug-likeness (QED) is 0.154. The summed E-state index contributed by atoms with van der Waals surface area (Å²) in [5, 5.41) is 12.9. The van der Waals surface area contributed by atoms with E-state index in [0.29, 0.717) is 85.4 Å². The van der Waals surface area contributed by atoms with Crippen molar-refractivity contribution < 1.29 is 23.7 Å². The molecule has 1 aliphatic carbocycles. The van der Waals surface area contributed by atoms with Crippen LogP contribution in [0.15, 0.2) is 49.4 Å². The van der Waals surface area contributed by atoms with Crippen molar-refractivity contribution in [3.8, 4) is 22.8 Å². The molecule has 2 aliphatic heterocycles. The normalized spacial score (nSPS) is 22.8. The van der Waals surface area contributed by atoms with Gasteiger partial charge in [0.2, 0.25) is 5.95 Å². The van der Waals surface area contributed by atoms with E-state index in [1.165, 1.54) is 19.2 Å². The van der Waals surface area contributed by atoms with E-state index in [4.69, 9.17) is 40.4 Å². The van der Waals surface area contributed by atoms with Gasteiger partial charge in [-0.2, -0.15) is 5.10 Å². The second-order valence-corrected chi connectivity index (χ2v) is 13.6. The number of rotatable bonds is 16. The molecule has 268 valence electrons. The van der Waals surface area contributed by atoms with E-state index in [0.717, 1.165) is 50.0 Å². The van der Waals surface area contributed by atoms with Gasteiger partial charge in [-0.3, -0.25) is 9.58 Å². The van der Waals surface area contributed by atoms with E-state index in [1.54, 1.807) is 30.5 Å². The number of ether oxygens (including phenoxy) is 5. The summed E-state index contributed by atoms with van der Waals surface area (Å²) in [4.78, 5) is 16.0. The summed E-state index contributed by atoms with van der Waals surface area (Å²) < 4.78 is 32.6. The van der Waals surface area contributed by atoms with E-state index < -0.39 is 0 Å². The molecule has 15 heteroatoms. The van der Waals surface area contributed by atoms with Crippen molar-refractivity contribution >= 4 is 23.2 Å². The Bertz CT molecular complexity index is 1630. The van der Waals surface area contributed by atoms with Gasteiger partial charge in [-0.25, -0.2) is 19.6 Å². The van der Waals surface area contributed by atoms with Crippen molar-refractivity contribution in [1.29, 1.82) is 0 Å². The number of aromatic nitrogens is 7. The first kappa shape index (κ1) is 34.6. The zero-order valence-electron chi connectivity index (χ0n) is 28.7. The lowest BCUT2D eigenvalue weighted by molar-refractivity contribution is -0.0458. The van der Waals surface area contributed by atoms with Gasteiger partial charge in [-0.1, -0.05) is 17.7 Å². The van der Waals surface area contributed by atoms with Gasteiger partial charge in [0, 0.05) is 43.2 Å². The molecule has 7 rings (SSSR count). The van der Waals surface area contributed by atoms with Crippen molar-refractivity contribution in [3.05, 3.63) is 54.5 Å². The Hall–Kier alpha value is -3.82. The van der Waals surface area contributed by atoms with Gasteiger partial charge in [0.25, 0.3) is 5.88 Å². The molecule has 0 spiro atoms. The lowest BCUT2D eigenvalue weighted by Gasteiger charge is -2.43. The SMILES string of the molecule is COCCOCCOc1nn([C@H]2CC[C@H](N3[C@@H]4CC[C@H]3COC4)CC2)cc1Nc1ncc(-c2ccc(Cl)c(O[C@@H](C)Cn3cncn3)c2)cn1. The molecule has 2 saturated heterocycles. The van der Waals surface area contributed by atoms with Crippen molar-refractivity contribution in [2.75, 3.05) is 52.1 Å². The minimum atomic E-state index is -0.170. The third-order valence-electron chi connectivity index (χ3n) is 9.76. The van der Waals surface area contributed by atoms with Crippen LogP contribution in [-0.4, -0.2) is 110 Å². The number of benzene rings is 1. The minimum absolute atomic E-state index is 0.170. The summed E-state index contributed by atoms with van der Waals surface area (Å²) in [5.41, 5.74) is 2.42. The third-order valence-corrected chi connectivity index (χ3v) is 10.1. The Labute approximate surface area is 297 Å². The standard InChI is InChI=1S/C35H46ClN9O5/c1-24(18-43-23-37-22-40-43)50-33-15-25(3-10-31(33)36)26-16-38-35(39-17-26)41-32-19-44(42-34(32)49-14-13-47-12-11-46-2)27-4-6-28(7-5-27)45-29-8-9-30(45)21-48-20-29/h3,10,15-17,19,22-24,27-30H,4-9,11-14,18,20-21H2,1-2H3,(H,38,39,41)/t24-,27-,28-,29-,30+/m0/s1. The van der Waals surface area contributed by atoms with Crippen molar-refractivity contribution in [3.63, 3.8) is 0 Å². The summed E-state index contributed by atoms with van der Waals surface area (Å²) in [6.07, 6.45) is 15.5. The first-order valence-corrected chi connectivity index (χ1v) is 17.9. The van der Waals surface area contributed by atoms with Crippen LogP contribution in [0.25, 0.3) is 11.1 Å². The fraction of sp³-hybridized carbons (Fsp3) is 0.571. The van der Waals surface area contributed by atoms with E-state index in [1.807, 2.05) is 31.3 Å². The van der Waals surface area contributed by atoms with Crippen LogP contribution in [-0.2, 0) is 20.8 Å². The third kappa shape index (κ3) is 8.37. The molecular weight excluding hydrogens is 662 g/mol. The van der Waals surface area contributed by atoms with Gasteiger partial charge >= 0.3 is 0 Å². The number of hydrogen-bond donors (Lipinski definition) is 1. The largest absolute Gasteiger partial charge is 0.487 e. The molecule has 3 atom stereocenters. The maximum atomic E-state index is 6.48. The first-order valence-electron chi connectivity index (χ1n) is 17.6. The van der Waals surface area contributed by atoms with Crippen molar-refractivity contribution in [2.45, 2.75) is 82.3 Å². The first-order chi connectivity index (χ1) is 24.5. The Kier molecular flexibility index (Phi) is 11.4. The molecule has 1 aromatic carbocycles. The van der Waals surface area contributed by atoms with E-state index in [9.17, 15) is 0 Å². The zero-order valence-corrected chi connectivity index (χ0v) is 29.5. The van der Waals surface area contributed by atoms with Crippen LogP contribution in [0.1, 0.15) is 51.5 Å². The Morgan fingerprint density at radius 2 is 1.68 bits per heavy atom. The minimum Gasteiger partial charge on any atom is -0.487 e. The lowest BCUT2D eigenvalue weighted by Crippen LogP contribution is -2.52. The summed E-state index contributed by atoms with van der Waals surface area (Å²) in [5.74, 6) is 1.51. The average molecular weight is 708 g/mol. The number of hydrogen-bond acceptors (Lipinski definition) is 12. The molecule has 0 unspecified atom stereocenters. The smallest absolute Gasteiger partial charge is 0.257 e. The second kappa shape index (κ2) is 16.5. The van der Waals surface area contributed by atoms with E-state index in [-0.39, 0.29) is 6.10 Å². The monoisotopic (exact) mass is 707 g/mol. The molecule has 14 nitrogen and oxygen atoms in total. The zero-order chi connectivity index (χ0) is 34.3. The van der Waals surface area contributed by atoms with Gasteiger partial charge in [0.05, 0.1) is 56.8 Å². The number of morpholine rings is 1. The number of methoxy groups -OCH3 is 1. The number of fused-ring (bicyclic) bond motifs is 2. The summed E-state index contributed by atoms with van der Waals surface area (Å²) in [6.45, 7) is 6.10. The van der Waals surface area contributed by atoms with E-state index in [2.05, 4.69) is 34.9 Å². The van der Waals surface area contributed by atoms with Crippen LogP contribution < -0.4 is 14.8 Å². The Morgan fingerprint density at radius 1 is 0.940 bits per heavy atom. The van der Waals surface area contributed by atoms with Crippen LogP contribution in [0.3, 0.4) is 0 Å². The predicted molar refractivity (Wildman–Crippen MR) is 187 cm³/mol.